The topological polar surface area (TPSA) is 82.1 Å². The molecule has 1 saturated heterocycles. The minimum atomic E-state index is -1.12. The number of H-pyrrole nitrogens is 1. The number of rotatable bonds is 3. The quantitative estimate of drug-likeness (QED) is 0.906. The predicted octanol–water partition coefficient (Wildman–Crippen LogP) is 2.20. The highest BCUT2D eigenvalue weighted by atomic mass is 16.3. The Morgan fingerprint density at radius 1 is 1.25 bits per heavy atom. The molecule has 1 atom stereocenters. The molecule has 1 aliphatic heterocycles. The van der Waals surface area contributed by atoms with Gasteiger partial charge >= 0.3 is 0 Å². The van der Waals surface area contributed by atoms with Gasteiger partial charge in [0.2, 0.25) is 0 Å². The summed E-state index contributed by atoms with van der Waals surface area (Å²) in [5.41, 5.74) is 1.39. The molecule has 1 aromatic carbocycles. The molecule has 0 bridgehead atoms. The Balaban J connectivity index is 1.49. The van der Waals surface area contributed by atoms with E-state index in [0.717, 1.165) is 6.42 Å². The van der Waals surface area contributed by atoms with E-state index in [1.807, 2.05) is 12.1 Å². The number of aromatic amines is 1. The van der Waals surface area contributed by atoms with Gasteiger partial charge in [-0.15, -0.1) is 0 Å². The van der Waals surface area contributed by atoms with E-state index < -0.39 is 5.60 Å². The van der Waals surface area contributed by atoms with Gasteiger partial charge in [0.05, 0.1) is 12.7 Å². The van der Waals surface area contributed by atoms with Gasteiger partial charge in [-0.05, 0) is 49.3 Å². The van der Waals surface area contributed by atoms with Crippen molar-refractivity contribution < 1.29 is 9.90 Å². The Bertz CT molecular complexity index is 709. The van der Waals surface area contributed by atoms with Crippen molar-refractivity contribution in [2.24, 2.45) is 0 Å². The first-order valence-electron chi connectivity index (χ1n) is 8.64. The van der Waals surface area contributed by atoms with E-state index in [1.54, 1.807) is 4.90 Å². The van der Waals surface area contributed by atoms with Gasteiger partial charge in [-0.3, -0.25) is 4.79 Å². The zero-order chi connectivity index (χ0) is 16.6. The molecule has 2 heterocycles. The molecular weight excluding hydrogens is 304 g/mol. The number of β-amino-alcohol motifs (C(OH)–C–C–N with tert-alkyl or cyclic N) is 1. The fraction of sp³-hybridized carbons (Fsp3) is 0.500. The number of nitrogens with one attached hydrogen (secondary N) is 1. The summed E-state index contributed by atoms with van der Waals surface area (Å²) in [6.07, 6.45) is 6.68. The van der Waals surface area contributed by atoms with Crippen LogP contribution in [0.25, 0.3) is 0 Å². The SMILES string of the molecule is O=C(c1ccc(C2CCC2)cc1)N1CCC[C@](O)(c2cn[nH]n2)C1. The Hall–Kier alpha value is -2.21. The van der Waals surface area contributed by atoms with Crippen molar-refractivity contribution in [3.63, 3.8) is 0 Å². The Morgan fingerprint density at radius 3 is 2.67 bits per heavy atom. The van der Waals surface area contributed by atoms with Crippen molar-refractivity contribution >= 4 is 5.91 Å². The van der Waals surface area contributed by atoms with E-state index in [9.17, 15) is 9.90 Å². The van der Waals surface area contributed by atoms with Gasteiger partial charge in [0.1, 0.15) is 11.3 Å². The maximum absolute atomic E-state index is 12.8. The van der Waals surface area contributed by atoms with Crippen LogP contribution in [0.15, 0.2) is 30.5 Å². The molecular formula is C18H22N4O2. The third kappa shape index (κ3) is 2.71. The zero-order valence-electron chi connectivity index (χ0n) is 13.6. The number of nitrogens with zero attached hydrogens (tertiary/aromatic N) is 3. The molecule has 1 aliphatic carbocycles. The fourth-order valence-electron chi connectivity index (χ4n) is 3.67. The van der Waals surface area contributed by atoms with Crippen LogP contribution in [0.1, 0.15) is 59.6 Å². The normalized spacial score (nSPS) is 24.6. The third-order valence-electron chi connectivity index (χ3n) is 5.38. The van der Waals surface area contributed by atoms with Crippen LogP contribution in [-0.2, 0) is 5.60 Å². The maximum Gasteiger partial charge on any atom is 0.253 e. The van der Waals surface area contributed by atoms with Crippen LogP contribution < -0.4 is 0 Å². The molecule has 1 aromatic heterocycles. The summed E-state index contributed by atoms with van der Waals surface area (Å²) >= 11 is 0. The average molecular weight is 326 g/mol. The van der Waals surface area contributed by atoms with Crippen LogP contribution in [0.4, 0.5) is 0 Å². The van der Waals surface area contributed by atoms with E-state index in [4.69, 9.17) is 0 Å². The first kappa shape index (κ1) is 15.3. The largest absolute Gasteiger partial charge is 0.382 e. The molecule has 126 valence electrons. The monoisotopic (exact) mass is 326 g/mol. The maximum atomic E-state index is 12.8. The van der Waals surface area contributed by atoms with Crippen molar-refractivity contribution in [1.29, 1.82) is 0 Å². The van der Waals surface area contributed by atoms with Gasteiger partial charge in [0, 0.05) is 12.1 Å². The van der Waals surface area contributed by atoms with Crippen molar-refractivity contribution in [2.75, 3.05) is 13.1 Å². The number of aromatic nitrogens is 3. The third-order valence-corrected chi connectivity index (χ3v) is 5.38. The lowest BCUT2D eigenvalue weighted by atomic mass is 9.80. The molecule has 0 spiro atoms. The number of hydrogen-bond acceptors (Lipinski definition) is 4. The second-order valence-electron chi connectivity index (χ2n) is 6.97. The Kier molecular flexibility index (Phi) is 3.84. The fourth-order valence-corrected chi connectivity index (χ4v) is 3.67. The summed E-state index contributed by atoms with van der Waals surface area (Å²) in [5.74, 6) is 0.637. The second-order valence-corrected chi connectivity index (χ2v) is 6.97. The van der Waals surface area contributed by atoms with E-state index in [-0.39, 0.29) is 12.5 Å². The lowest BCUT2D eigenvalue weighted by Gasteiger charge is -2.38. The van der Waals surface area contributed by atoms with Gasteiger partial charge in [-0.2, -0.15) is 15.4 Å². The Morgan fingerprint density at radius 2 is 2.04 bits per heavy atom. The van der Waals surface area contributed by atoms with Gasteiger partial charge in [-0.1, -0.05) is 18.6 Å². The van der Waals surface area contributed by atoms with Crippen LogP contribution in [0, 0.1) is 0 Å². The van der Waals surface area contributed by atoms with E-state index in [2.05, 4.69) is 27.5 Å². The number of carbonyl (C=O) groups excluding carboxylic acids is 1. The minimum absolute atomic E-state index is 0.0308. The Labute approximate surface area is 140 Å². The van der Waals surface area contributed by atoms with Crippen LogP contribution in [0.5, 0.6) is 0 Å². The zero-order valence-corrected chi connectivity index (χ0v) is 13.6. The summed E-state index contributed by atoms with van der Waals surface area (Å²) in [4.78, 5) is 14.5. The smallest absolute Gasteiger partial charge is 0.253 e. The summed E-state index contributed by atoms with van der Waals surface area (Å²) in [6.45, 7) is 0.909. The summed E-state index contributed by atoms with van der Waals surface area (Å²) < 4.78 is 0. The number of carbonyl (C=O) groups is 1. The lowest BCUT2D eigenvalue weighted by Crippen LogP contribution is -2.48. The number of likely N-dealkylation sites (tertiary alicyclic amines) is 1. The van der Waals surface area contributed by atoms with E-state index >= 15 is 0 Å². The summed E-state index contributed by atoms with van der Waals surface area (Å²) in [7, 11) is 0. The molecule has 6 heteroatoms. The highest BCUT2D eigenvalue weighted by Gasteiger charge is 2.39. The molecule has 2 fully saturated rings. The van der Waals surface area contributed by atoms with Crippen molar-refractivity contribution in [1.82, 2.24) is 20.3 Å². The molecule has 0 unspecified atom stereocenters. The number of aliphatic hydroxyl groups is 1. The molecule has 2 aliphatic rings. The standard InChI is InChI=1S/C18H22N4O2/c23-17(15-7-5-14(6-8-15)13-3-1-4-13)22-10-2-9-18(24,12-22)16-11-19-21-20-16/h5-8,11,13,24H,1-4,9-10,12H2,(H,19,20,21)/t18-/m1/s1. The molecule has 1 saturated carbocycles. The predicted molar refractivity (Wildman–Crippen MR) is 88.5 cm³/mol. The molecule has 24 heavy (non-hydrogen) atoms. The van der Waals surface area contributed by atoms with Gasteiger partial charge in [0.15, 0.2) is 0 Å². The second kappa shape index (κ2) is 6.02. The first-order chi connectivity index (χ1) is 11.7. The van der Waals surface area contributed by atoms with Crippen LogP contribution in [0.2, 0.25) is 0 Å². The lowest BCUT2D eigenvalue weighted by molar-refractivity contribution is -0.0320. The molecule has 0 radical (unpaired) electrons. The van der Waals surface area contributed by atoms with Gasteiger partial charge < -0.3 is 10.0 Å². The molecule has 1 amide bonds. The highest BCUT2D eigenvalue weighted by molar-refractivity contribution is 5.94. The molecule has 4 rings (SSSR count). The number of piperidine rings is 1. The van der Waals surface area contributed by atoms with Crippen LogP contribution in [-0.4, -0.2) is 44.4 Å². The molecule has 2 N–H and O–H groups in total. The highest BCUT2D eigenvalue weighted by Crippen LogP contribution is 2.36. The number of amides is 1. The average Bonchev–Trinajstić information content (AvgIpc) is 3.09. The van der Waals surface area contributed by atoms with Crippen molar-refractivity contribution in [3.8, 4) is 0 Å². The number of benzene rings is 1. The summed E-state index contributed by atoms with van der Waals surface area (Å²) in [6, 6.07) is 7.98. The van der Waals surface area contributed by atoms with E-state index in [0.29, 0.717) is 30.1 Å². The van der Waals surface area contributed by atoms with Crippen molar-refractivity contribution in [3.05, 3.63) is 47.3 Å². The molecule has 6 nitrogen and oxygen atoms in total. The van der Waals surface area contributed by atoms with Crippen LogP contribution in [0.3, 0.4) is 0 Å². The molecule has 2 aromatic rings. The van der Waals surface area contributed by atoms with Gasteiger partial charge in [0.25, 0.3) is 5.91 Å². The van der Waals surface area contributed by atoms with Gasteiger partial charge in [-0.25, -0.2) is 0 Å². The van der Waals surface area contributed by atoms with E-state index in [1.165, 1.54) is 31.0 Å². The summed E-state index contributed by atoms with van der Waals surface area (Å²) in [5, 5.41) is 21.1. The minimum Gasteiger partial charge on any atom is -0.382 e. The number of hydrogen-bond donors (Lipinski definition) is 2. The first-order valence-corrected chi connectivity index (χ1v) is 8.64. The van der Waals surface area contributed by atoms with Crippen LogP contribution >= 0.6 is 0 Å². The van der Waals surface area contributed by atoms with Crippen molar-refractivity contribution in [2.45, 2.75) is 43.6 Å².